The molecule has 0 saturated carbocycles. The molecule has 0 aliphatic rings. The van der Waals surface area contributed by atoms with Gasteiger partial charge in [0.15, 0.2) is 0 Å². The SMILES string of the molecule is Cc1cn(C)c(-c2ccc(F)cc2)n1. The lowest BCUT2D eigenvalue weighted by Crippen LogP contribution is -1.90. The summed E-state index contributed by atoms with van der Waals surface area (Å²) < 4.78 is 14.6. The van der Waals surface area contributed by atoms with Gasteiger partial charge in [0, 0.05) is 18.8 Å². The number of aromatic nitrogens is 2. The molecule has 0 bridgehead atoms. The van der Waals surface area contributed by atoms with E-state index in [1.165, 1.54) is 12.1 Å². The third kappa shape index (κ3) is 1.53. The fraction of sp³-hybridized carbons (Fsp3) is 0.182. The second kappa shape index (κ2) is 3.25. The molecule has 0 amide bonds. The van der Waals surface area contributed by atoms with Crippen LogP contribution in [0.3, 0.4) is 0 Å². The highest BCUT2D eigenvalue weighted by atomic mass is 19.1. The van der Waals surface area contributed by atoms with Gasteiger partial charge in [-0.25, -0.2) is 9.37 Å². The Bertz CT molecular complexity index is 443. The lowest BCUT2D eigenvalue weighted by Gasteiger charge is -2.00. The molecule has 2 rings (SSSR count). The molecule has 3 heteroatoms. The minimum atomic E-state index is -0.223. The van der Waals surface area contributed by atoms with E-state index in [1.807, 2.05) is 24.7 Å². The lowest BCUT2D eigenvalue weighted by molar-refractivity contribution is 0.628. The van der Waals surface area contributed by atoms with E-state index in [1.54, 1.807) is 12.1 Å². The minimum absolute atomic E-state index is 0.223. The summed E-state index contributed by atoms with van der Waals surface area (Å²) in [5, 5.41) is 0. The third-order valence-electron chi connectivity index (χ3n) is 2.10. The van der Waals surface area contributed by atoms with Crippen molar-refractivity contribution in [3.05, 3.63) is 42.0 Å². The van der Waals surface area contributed by atoms with Crippen LogP contribution in [-0.2, 0) is 7.05 Å². The van der Waals surface area contributed by atoms with Crippen LogP contribution in [-0.4, -0.2) is 9.55 Å². The van der Waals surface area contributed by atoms with E-state index >= 15 is 0 Å². The molecule has 0 N–H and O–H groups in total. The van der Waals surface area contributed by atoms with E-state index in [4.69, 9.17) is 0 Å². The summed E-state index contributed by atoms with van der Waals surface area (Å²) in [6, 6.07) is 6.35. The van der Waals surface area contributed by atoms with Gasteiger partial charge in [0.1, 0.15) is 11.6 Å². The molecular weight excluding hydrogens is 179 g/mol. The number of rotatable bonds is 1. The average Bonchev–Trinajstić information content (AvgIpc) is 2.47. The molecule has 0 spiro atoms. The Balaban J connectivity index is 2.49. The van der Waals surface area contributed by atoms with Gasteiger partial charge in [-0.05, 0) is 31.2 Å². The first-order valence-electron chi connectivity index (χ1n) is 4.43. The van der Waals surface area contributed by atoms with Crippen LogP contribution in [0.4, 0.5) is 4.39 Å². The largest absolute Gasteiger partial charge is 0.334 e. The standard InChI is InChI=1S/C11H11FN2/c1-8-7-14(2)11(13-8)9-3-5-10(12)6-4-9/h3-7H,1-2H3. The van der Waals surface area contributed by atoms with Crippen LogP contribution < -0.4 is 0 Å². The van der Waals surface area contributed by atoms with Gasteiger partial charge in [0.05, 0.1) is 5.69 Å². The van der Waals surface area contributed by atoms with Crippen LogP contribution in [0.5, 0.6) is 0 Å². The Morgan fingerprint density at radius 3 is 2.36 bits per heavy atom. The number of nitrogens with zero attached hydrogens (tertiary/aromatic N) is 2. The Kier molecular flexibility index (Phi) is 2.08. The summed E-state index contributed by atoms with van der Waals surface area (Å²) in [6.07, 6.45) is 1.94. The van der Waals surface area contributed by atoms with Gasteiger partial charge < -0.3 is 4.57 Å². The number of aryl methyl sites for hydroxylation is 2. The minimum Gasteiger partial charge on any atom is -0.334 e. The maximum Gasteiger partial charge on any atom is 0.139 e. The summed E-state index contributed by atoms with van der Waals surface area (Å²) in [5.41, 5.74) is 1.90. The lowest BCUT2D eigenvalue weighted by atomic mass is 10.2. The van der Waals surface area contributed by atoms with Gasteiger partial charge in [-0.2, -0.15) is 0 Å². The van der Waals surface area contributed by atoms with Crippen LogP contribution in [0.2, 0.25) is 0 Å². The Morgan fingerprint density at radius 2 is 1.86 bits per heavy atom. The fourth-order valence-corrected chi connectivity index (χ4v) is 1.48. The third-order valence-corrected chi connectivity index (χ3v) is 2.10. The van der Waals surface area contributed by atoms with Crippen molar-refractivity contribution in [2.75, 3.05) is 0 Å². The van der Waals surface area contributed by atoms with Crippen molar-refractivity contribution >= 4 is 0 Å². The summed E-state index contributed by atoms with van der Waals surface area (Å²) >= 11 is 0. The molecule has 1 aromatic heterocycles. The van der Waals surface area contributed by atoms with Crippen molar-refractivity contribution in [1.82, 2.24) is 9.55 Å². The number of benzene rings is 1. The van der Waals surface area contributed by atoms with Crippen LogP contribution in [0.15, 0.2) is 30.5 Å². The smallest absolute Gasteiger partial charge is 0.139 e. The van der Waals surface area contributed by atoms with E-state index in [0.29, 0.717) is 0 Å². The molecule has 1 heterocycles. The molecule has 2 aromatic rings. The molecule has 0 aliphatic heterocycles. The molecule has 72 valence electrons. The van der Waals surface area contributed by atoms with Crippen LogP contribution >= 0.6 is 0 Å². The van der Waals surface area contributed by atoms with Crippen molar-refractivity contribution in [3.63, 3.8) is 0 Å². The predicted molar refractivity (Wildman–Crippen MR) is 53.3 cm³/mol. The molecule has 14 heavy (non-hydrogen) atoms. The van der Waals surface area contributed by atoms with Crippen LogP contribution in [0.1, 0.15) is 5.69 Å². The molecule has 2 nitrogen and oxygen atoms in total. The summed E-state index contributed by atoms with van der Waals surface area (Å²) in [5.74, 6) is 0.641. The molecule has 0 fully saturated rings. The zero-order valence-corrected chi connectivity index (χ0v) is 8.16. The molecule has 0 radical (unpaired) electrons. The van der Waals surface area contributed by atoms with Crippen molar-refractivity contribution in [1.29, 1.82) is 0 Å². The maximum absolute atomic E-state index is 12.7. The fourth-order valence-electron chi connectivity index (χ4n) is 1.48. The quantitative estimate of drug-likeness (QED) is 0.675. The van der Waals surface area contributed by atoms with E-state index in [2.05, 4.69) is 4.98 Å². The molecule has 0 atom stereocenters. The Hall–Kier alpha value is -1.64. The van der Waals surface area contributed by atoms with Gasteiger partial charge in [-0.3, -0.25) is 0 Å². The highest BCUT2D eigenvalue weighted by Crippen LogP contribution is 2.17. The second-order valence-corrected chi connectivity index (χ2v) is 3.32. The highest BCUT2D eigenvalue weighted by molar-refractivity contribution is 5.55. The number of hydrogen-bond donors (Lipinski definition) is 0. The van der Waals surface area contributed by atoms with E-state index in [9.17, 15) is 4.39 Å². The molecule has 0 unspecified atom stereocenters. The van der Waals surface area contributed by atoms with Crippen molar-refractivity contribution in [2.24, 2.45) is 7.05 Å². The molecule has 0 saturated heterocycles. The van der Waals surface area contributed by atoms with E-state index in [0.717, 1.165) is 17.1 Å². The Morgan fingerprint density at radius 1 is 1.21 bits per heavy atom. The predicted octanol–water partition coefficient (Wildman–Crippen LogP) is 2.53. The van der Waals surface area contributed by atoms with Gasteiger partial charge in [0.25, 0.3) is 0 Å². The van der Waals surface area contributed by atoms with E-state index in [-0.39, 0.29) is 5.82 Å². The summed E-state index contributed by atoms with van der Waals surface area (Å²) in [6.45, 7) is 1.94. The normalized spacial score (nSPS) is 10.5. The second-order valence-electron chi connectivity index (χ2n) is 3.32. The topological polar surface area (TPSA) is 17.8 Å². The summed E-state index contributed by atoms with van der Waals surface area (Å²) in [7, 11) is 1.93. The Labute approximate surface area is 82.0 Å². The zero-order valence-electron chi connectivity index (χ0n) is 8.16. The van der Waals surface area contributed by atoms with Crippen LogP contribution in [0, 0.1) is 12.7 Å². The first kappa shape index (κ1) is 8.94. The molecule has 0 aliphatic carbocycles. The monoisotopic (exact) mass is 190 g/mol. The molecule has 1 aromatic carbocycles. The van der Waals surface area contributed by atoms with Crippen LogP contribution in [0.25, 0.3) is 11.4 Å². The van der Waals surface area contributed by atoms with Crippen molar-refractivity contribution in [2.45, 2.75) is 6.92 Å². The number of hydrogen-bond acceptors (Lipinski definition) is 1. The van der Waals surface area contributed by atoms with Crippen molar-refractivity contribution in [3.8, 4) is 11.4 Å². The van der Waals surface area contributed by atoms with Gasteiger partial charge in [0.2, 0.25) is 0 Å². The highest BCUT2D eigenvalue weighted by Gasteiger charge is 2.04. The first-order valence-corrected chi connectivity index (χ1v) is 4.43. The molecular formula is C11H11FN2. The van der Waals surface area contributed by atoms with Gasteiger partial charge in [-0.1, -0.05) is 0 Å². The number of halogens is 1. The number of imidazole rings is 1. The van der Waals surface area contributed by atoms with Gasteiger partial charge >= 0.3 is 0 Å². The average molecular weight is 190 g/mol. The van der Waals surface area contributed by atoms with E-state index < -0.39 is 0 Å². The first-order chi connectivity index (χ1) is 6.66. The maximum atomic E-state index is 12.7. The summed E-state index contributed by atoms with van der Waals surface area (Å²) in [4.78, 5) is 4.35. The van der Waals surface area contributed by atoms with Crippen molar-refractivity contribution < 1.29 is 4.39 Å². The zero-order chi connectivity index (χ0) is 10.1. The van der Waals surface area contributed by atoms with Gasteiger partial charge in [-0.15, -0.1) is 0 Å².